The van der Waals surface area contributed by atoms with E-state index in [1.807, 2.05) is 0 Å². The Balaban J connectivity index is 2.40. The molecule has 1 rings (SSSR count). The lowest BCUT2D eigenvalue weighted by Gasteiger charge is -2.09. The molecule has 2 amide bonds. The molecule has 0 fully saturated rings. The van der Waals surface area contributed by atoms with Crippen LogP contribution in [0.25, 0.3) is 0 Å². The number of hydrogen-bond donors (Lipinski definition) is 3. The predicted molar refractivity (Wildman–Crippen MR) is 74.6 cm³/mol. The monoisotopic (exact) mass is 330 g/mol. The summed E-state index contributed by atoms with van der Waals surface area (Å²) in [4.78, 5) is 21.8. The lowest BCUT2D eigenvalue weighted by atomic mass is 10.3. The van der Waals surface area contributed by atoms with Gasteiger partial charge in [-0.05, 0) is 40.5 Å². The fraction of sp³-hybridized carbons (Fsp3) is 0.333. The van der Waals surface area contributed by atoms with Crippen molar-refractivity contribution in [2.45, 2.75) is 12.8 Å². The molecule has 0 bridgehead atoms. The Bertz CT molecular complexity index is 465. The highest BCUT2D eigenvalue weighted by atomic mass is 79.9. The molecular formula is C12H15BrN2O4. The smallest absolute Gasteiger partial charge is 0.319 e. The van der Waals surface area contributed by atoms with Crippen molar-refractivity contribution >= 4 is 33.6 Å². The number of carboxylic acids is 1. The van der Waals surface area contributed by atoms with Gasteiger partial charge in [0.15, 0.2) is 0 Å². The minimum atomic E-state index is -0.874. The molecule has 0 unspecified atom stereocenters. The Kier molecular flexibility index (Phi) is 6.14. The van der Waals surface area contributed by atoms with Crippen LogP contribution in [-0.4, -0.2) is 30.8 Å². The summed E-state index contributed by atoms with van der Waals surface area (Å²) in [6.07, 6.45) is 0.434. The number of rotatable bonds is 6. The number of aliphatic carboxylic acids is 1. The number of urea groups is 1. The van der Waals surface area contributed by atoms with Gasteiger partial charge in [-0.25, -0.2) is 4.79 Å². The van der Waals surface area contributed by atoms with Crippen LogP contribution in [0.3, 0.4) is 0 Å². The van der Waals surface area contributed by atoms with Gasteiger partial charge >= 0.3 is 12.0 Å². The molecule has 3 N–H and O–H groups in total. The molecule has 0 radical (unpaired) electrons. The molecule has 0 atom stereocenters. The molecule has 0 saturated carbocycles. The van der Waals surface area contributed by atoms with Crippen molar-refractivity contribution in [2.24, 2.45) is 0 Å². The average molecular weight is 331 g/mol. The summed E-state index contributed by atoms with van der Waals surface area (Å²) in [7, 11) is 1.56. The summed E-state index contributed by atoms with van der Waals surface area (Å²) >= 11 is 3.32. The summed E-state index contributed by atoms with van der Waals surface area (Å²) in [6, 6.07) is 4.78. The normalized spacial score (nSPS) is 9.79. The van der Waals surface area contributed by atoms with Crippen LogP contribution in [0.4, 0.5) is 10.5 Å². The van der Waals surface area contributed by atoms with E-state index >= 15 is 0 Å². The number of carboxylic acid groups (broad SMARTS) is 1. The average Bonchev–Trinajstić information content (AvgIpc) is 2.35. The van der Waals surface area contributed by atoms with E-state index < -0.39 is 5.97 Å². The molecule has 0 saturated heterocycles. The van der Waals surface area contributed by atoms with Gasteiger partial charge in [-0.3, -0.25) is 4.79 Å². The first-order valence-electron chi connectivity index (χ1n) is 5.63. The standard InChI is InChI=1S/C12H15BrN2O4/c1-19-10-5-4-8(7-9(10)13)15-12(18)14-6-2-3-11(16)17/h4-5,7H,2-3,6H2,1H3,(H,16,17)(H2,14,15,18). The lowest BCUT2D eigenvalue weighted by molar-refractivity contribution is -0.137. The van der Waals surface area contributed by atoms with Crippen molar-refractivity contribution < 1.29 is 19.4 Å². The van der Waals surface area contributed by atoms with E-state index in [1.54, 1.807) is 25.3 Å². The van der Waals surface area contributed by atoms with Crippen LogP contribution < -0.4 is 15.4 Å². The molecule has 19 heavy (non-hydrogen) atoms. The molecule has 0 spiro atoms. The third-order valence-electron chi connectivity index (χ3n) is 2.26. The van der Waals surface area contributed by atoms with Gasteiger partial charge in [0.05, 0.1) is 11.6 Å². The number of hydrogen-bond acceptors (Lipinski definition) is 3. The van der Waals surface area contributed by atoms with Crippen LogP contribution in [0.15, 0.2) is 22.7 Å². The van der Waals surface area contributed by atoms with Crippen molar-refractivity contribution in [1.82, 2.24) is 5.32 Å². The summed E-state index contributed by atoms with van der Waals surface area (Å²) in [5, 5.41) is 13.7. The van der Waals surface area contributed by atoms with Crippen LogP contribution in [-0.2, 0) is 4.79 Å². The third-order valence-corrected chi connectivity index (χ3v) is 2.88. The molecule has 0 heterocycles. The molecule has 7 heteroatoms. The summed E-state index contributed by atoms with van der Waals surface area (Å²) in [5.41, 5.74) is 0.614. The number of benzene rings is 1. The zero-order valence-corrected chi connectivity index (χ0v) is 12.0. The Hall–Kier alpha value is -1.76. The van der Waals surface area contributed by atoms with E-state index in [9.17, 15) is 9.59 Å². The molecular weight excluding hydrogens is 316 g/mol. The van der Waals surface area contributed by atoms with Crippen LogP contribution in [0.2, 0.25) is 0 Å². The Morgan fingerprint density at radius 2 is 2.16 bits per heavy atom. The maximum atomic E-state index is 11.5. The van der Waals surface area contributed by atoms with E-state index in [2.05, 4.69) is 26.6 Å². The maximum absolute atomic E-state index is 11.5. The quantitative estimate of drug-likeness (QED) is 0.699. The number of carbonyl (C=O) groups excluding carboxylic acids is 1. The lowest BCUT2D eigenvalue weighted by Crippen LogP contribution is -2.29. The topological polar surface area (TPSA) is 87.7 Å². The van der Waals surface area contributed by atoms with Crippen molar-refractivity contribution in [3.8, 4) is 5.75 Å². The van der Waals surface area contributed by atoms with E-state index in [-0.39, 0.29) is 12.5 Å². The van der Waals surface area contributed by atoms with Crippen molar-refractivity contribution in [3.63, 3.8) is 0 Å². The molecule has 0 aliphatic rings. The highest BCUT2D eigenvalue weighted by Crippen LogP contribution is 2.27. The van der Waals surface area contributed by atoms with Crippen LogP contribution >= 0.6 is 15.9 Å². The van der Waals surface area contributed by atoms with Crippen LogP contribution in [0, 0.1) is 0 Å². The summed E-state index contributed by atoms with van der Waals surface area (Å²) in [5.74, 6) is -0.200. The molecule has 0 aromatic heterocycles. The van der Waals surface area contributed by atoms with Gasteiger partial charge in [0.25, 0.3) is 0 Å². The molecule has 0 aliphatic heterocycles. The summed E-state index contributed by atoms with van der Waals surface area (Å²) < 4.78 is 5.81. The zero-order chi connectivity index (χ0) is 14.3. The number of methoxy groups -OCH3 is 1. The molecule has 0 aliphatic carbocycles. The van der Waals surface area contributed by atoms with Crippen molar-refractivity contribution in [2.75, 3.05) is 19.0 Å². The fourth-order valence-corrected chi connectivity index (χ4v) is 1.90. The van der Waals surface area contributed by atoms with Gasteiger partial charge in [-0.15, -0.1) is 0 Å². The minimum Gasteiger partial charge on any atom is -0.496 e. The van der Waals surface area contributed by atoms with Gasteiger partial charge in [0.2, 0.25) is 0 Å². The SMILES string of the molecule is COc1ccc(NC(=O)NCCCC(=O)O)cc1Br. The minimum absolute atomic E-state index is 0.0361. The second kappa shape index (κ2) is 7.63. The van der Waals surface area contributed by atoms with Crippen LogP contribution in [0.1, 0.15) is 12.8 Å². The number of nitrogens with one attached hydrogen (secondary N) is 2. The second-order valence-electron chi connectivity index (χ2n) is 3.73. The van der Waals surface area contributed by atoms with Gasteiger partial charge in [0.1, 0.15) is 5.75 Å². The number of anilines is 1. The van der Waals surface area contributed by atoms with Gasteiger partial charge in [0, 0.05) is 18.7 Å². The molecule has 6 nitrogen and oxygen atoms in total. The number of carbonyl (C=O) groups is 2. The molecule has 1 aromatic rings. The van der Waals surface area contributed by atoms with E-state index in [0.29, 0.717) is 24.4 Å². The van der Waals surface area contributed by atoms with E-state index in [1.165, 1.54) is 0 Å². The van der Waals surface area contributed by atoms with Crippen LogP contribution in [0.5, 0.6) is 5.75 Å². The Labute approximate surface area is 119 Å². The highest BCUT2D eigenvalue weighted by Gasteiger charge is 2.05. The van der Waals surface area contributed by atoms with E-state index in [0.717, 1.165) is 4.47 Å². The number of halogens is 1. The maximum Gasteiger partial charge on any atom is 0.319 e. The van der Waals surface area contributed by atoms with Gasteiger partial charge < -0.3 is 20.5 Å². The zero-order valence-electron chi connectivity index (χ0n) is 10.4. The van der Waals surface area contributed by atoms with Crippen molar-refractivity contribution in [1.29, 1.82) is 0 Å². The number of ether oxygens (including phenoxy) is 1. The second-order valence-corrected chi connectivity index (χ2v) is 4.58. The third kappa shape index (κ3) is 5.60. The highest BCUT2D eigenvalue weighted by molar-refractivity contribution is 9.10. The Morgan fingerprint density at radius 3 is 2.74 bits per heavy atom. The van der Waals surface area contributed by atoms with E-state index in [4.69, 9.17) is 9.84 Å². The first-order valence-corrected chi connectivity index (χ1v) is 6.42. The summed E-state index contributed by atoms with van der Waals surface area (Å²) in [6.45, 7) is 0.315. The van der Waals surface area contributed by atoms with Crippen molar-refractivity contribution in [3.05, 3.63) is 22.7 Å². The predicted octanol–water partition coefficient (Wildman–Crippen LogP) is 2.44. The fourth-order valence-electron chi connectivity index (χ4n) is 1.36. The first-order chi connectivity index (χ1) is 9.02. The molecule has 104 valence electrons. The molecule has 1 aromatic carbocycles. The van der Waals surface area contributed by atoms with Gasteiger partial charge in [-0.2, -0.15) is 0 Å². The largest absolute Gasteiger partial charge is 0.496 e. The first kappa shape index (κ1) is 15.3. The van der Waals surface area contributed by atoms with Gasteiger partial charge in [-0.1, -0.05) is 0 Å². The Morgan fingerprint density at radius 1 is 1.42 bits per heavy atom. The number of amides is 2.